The smallest absolute Gasteiger partial charge is 0.251 e. The van der Waals surface area contributed by atoms with Crippen LogP contribution in [0.25, 0.3) is 0 Å². The molecule has 3 nitrogen and oxygen atoms in total. The van der Waals surface area contributed by atoms with E-state index in [9.17, 15) is 4.79 Å². The number of hydrogen-bond acceptors (Lipinski definition) is 2. The molecule has 0 heterocycles. The Kier molecular flexibility index (Phi) is 5.15. The molecule has 0 aromatic heterocycles. The zero-order valence-electron chi connectivity index (χ0n) is 13.0. The highest BCUT2D eigenvalue weighted by atomic mass is 35.5. The minimum Gasteiger partial charge on any atom is -0.398 e. The van der Waals surface area contributed by atoms with Gasteiger partial charge in [-0.15, -0.1) is 0 Å². The van der Waals surface area contributed by atoms with Gasteiger partial charge in [0.1, 0.15) is 0 Å². The van der Waals surface area contributed by atoms with Crippen molar-refractivity contribution >= 4 is 23.2 Å². The van der Waals surface area contributed by atoms with Gasteiger partial charge in [-0.05, 0) is 48.8 Å². The highest BCUT2D eigenvalue weighted by Gasteiger charge is 2.31. The molecule has 116 valence electrons. The number of nitrogen functional groups attached to an aromatic ring is 1. The second kappa shape index (κ2) is 6.69. The van der Waals surface area contributed by atoms with Crippen LogP contribution in [0, 0.1) is 17.8 Å². The van der Waals surface area contributed by atoms with E-state index < -0.39 is 0 Å². The molecule has 1 saturated carbocycles. The van der Waals surface area contributed by atoms with Gasteiger partial charge in [0.05, 0.1) is 10.7 Å². The van der Waals surface area contributed by atoms with Crippen LogP contribution in [0.2, 0.25) is 5.02 Å². The zero-order chi connectivity index (χ0) is 15.6. The molecule has 0 saturated heterocycles. The molecule has 0 aliphatic heterocycles. The number of nitrogens with one attached hydrogen (secondary N) is 1. The zero-order valence-corrected chi connectivity index (χ0v) is 13.8. The van der Waals surface area contributed by atoms with E-state index in [4.69, 9.17) is 17.3 Å². The van der Waals surface area contributed by atoms with Crippen LogP contribution in [0.3, 0.4) is 0 Å². The first-order valence-corrected chi connectivity index (χ1v) is 8.12. The van der Waals surface area contributed by atoms with Crippen LogP contribution in [-0.2, 0) is 0 Å². The van der Waals surface area contributed by atoms with Gasteiger partial charge in [-0.1, -0.05) is 38.8 Å². The number of benzene rings is 1. The standard InChI is InChI=1S/C17H25ClN2O/c1-10(2)13-6-4-11(3)8-16(13)20-17(21)12-5-7-14(18)15(19)9-12/h5,7,9-11,13,16H,4,6,8,19H2,1-3H3,(H,20,21). The molecule has 0 bridgehead atoms. The summed E-state index contributed by atoms with van der Waals surface area (Å²) in [6, 6.07) is 5.30. The van der Waals surface area contributed by atoms with Gasteiger partial charge in [0.15, 0.2) is 0 Å². The molecule has 0 radical (unpaired) electrons. The summed E-state index contributed by atoms with van der Waals surface area (Å²) in [5.41, 5.74) is 6.80. The van der Waals surface area contributed by atoms with Crippen LogP contribution < -0.4 is 11.1 Å². The lowest BCUT2D eigenvalue weighted by atomic mass is 9.74. The number of carbonyl (C=O) groups is 1. The number of rotatable bonds is 3. The predicted octanol–water partition coefficient (Wildman–Crippen LogP) is 4.11. The Bertz CT molecular complexity index is 516. The van der Waals surface area contributed by atoms with Crippen molar-refractivity contribution in [2.24, 2.45) is 17.8 Å². The first kappa shape index (κ1) is 16.2. The summed E-state index contributed by atoms with van der Waals surface area (Å²) in [4.78, 5) is 12.4. The first-order valence-electron chi connectivity index (χ1n) is 7.74. The monoisotopic (exact) mass is 308 g/mol. The van der Waals surface area contributed by atoms with Crippen molar-refractivity contribution in [1.29, 1.82) is 0 Å². The molecular weight excluding hydrogens is 284 g/mol. The van der Waals surface area contributed by atoms with Gasteiger partial charge >= 0.3 is 0 Å². The van der Waals surface area contributed by atoms with Gasteiger partial charge in [0, 0.05) is 11.6 Å². The number of halogens is 1. The Labute approximate surface area is 132 Å². The molecular formula is C17H25ClN2O. The number of amides is 1. The molecule has 1 aliphatic rings. The van der Waals surface area contributed by atoms with Gasteiger partial charge in [-0.25, -0.2) is 0 Å². The van der Waals surface area contributed by atoms with Gasteiger partial charge in [-0.3, -0.25) is 4.79 Å². The second-order valence-electron chi connectivity index (χ2n) is 6.64. The van der Waals surface area contributed by atoms with Gasteiger partial charge < -0.3 is 11.1 Å². The minimum atomic E-state index is -0.0527. The highest BCUT2D eigenvalue weighted by molar-refractivity contribution is 6.33. The van der Waals surface area contributed by atoms with Crippen molar-refractivity contribution in [2.45, 2.75) is 46.1 Å². The molecule has 1 aromatic rings. The Balaban J connectivity index is 2.10. The fourth-order valence-corrected chi connectivity index (χ4v) is 3.42. The average molecular weight is 309 g/mol. The summed E-state index contributed by atoms with van der Waals surface area (Å²) in [7, 11) is 0. The summed E-state index contributed by atoms with van der Waals surface area (Å²) in [5.74, 6) is 1.75. The SMILES string of the molecule is CC1CCC(C(C)C)C(NC(=O)c2ccc(Cl)c(N)c2)C1. The summed E-state index contributed by atoms with van der Waals surface area (Å²) < 4.78 is 0. The number of hydrogen-bond donors (Lipinski definition) is 2. The van der Waals surface area contributed by atoms with E-state index in [1.54, 1.807) is 18.2 Å². The average Bonchev–Trinajstić information content (AvgIpc) is 2.41. The topological polar surface area (TPSA) is 55.1 Å². The molecule has 1 fully saturated rings. The van der Waals surface area contributed by atoms with Crippen molar-refractivity contribution in [1.82, 2.24) is 5.32 Å². The fourth-order valence-electron chi connectivity index (χ4n) is 3.30. The molecule has 1 amide bonds. The molecule has 2 rings (SSSR count). The maximum atomic E-state index is 12.4. The Morgan fingerprint density at radius 1 is 1.38 bits per heavy atom. The lowest BCUT2D eigenvalue weighted by molar-refractivity contribution is 0.0868. The lowest BCUT2D eigenvalue weighted by Crippen LogP contribution is -2.45. The third-order valence-electron chi connectivity index (χ3n) is 4.60. The molecule has 1 aliphatic carbocycles. The van der Waals surface area contributed by atoms with Crippen molar-refractivity contribution in [3.05, 3.63) is 28.8 Å². The first-order chi connectivity index (χ1) is 9.88. The van der Waals surface area contributed by atoms with Crippen LogP contribution in [0.5, 0.6) is 0 Å². The lowest BCUT2D eigenvalue weighted by Gasteiger charge is -2.37. The Morgan fingerprint density at radius 2 is 2.10 bits per heavy atom. The molecule has 1 aromatic carbocycles. The predicted molar refractivity (Wildman–Crippen MR) is 88.5 cm³/mol. The van der Waals surface area contributed by atoms with E-state index in [0.29, 0.717) is 34.0 Å². The highest BCUT2D eigenvalue weighted by Crippen LogP contribution is 2.33. The van der Waals surface area contributed by atoms with E-state index in [2.05, 4.69) is 26.1 Å². The largest absolute Gasteiger partial charge is 0.398 e. The summed E-state index contributed by atoms with van der Waals surface area (Å²) in [5, 5.41) is 3.69. The van der Waals surface area contributed by atoms with Crippen molar-refractivity contribution in [3.63, 3.8) is 0 Å². The van der Waals surface area contributed by atoms with E-state index in [1.165, 1.54) is 12.8 Å². The third kappa shape index (κ3) is 3.91. The summed E-state index contributed by atoms with van der Waals surface area (Å²) >= 11 is 5.90. The van der Waals surface area contributed by atoms with Crippen molar-refractivity contribution < 1.29 is 4.79 Å². The maximum Gasteiger partial charge on any atom is 0.251 e. The van der Waals surface area contributed by atoms with E-state index in [0.717, 1.165) is 6.42 Å². The van der Waals surface area contributed by atoms with Gasteiger partial charge in [0.2, 0.25) is 0 Å². The molecule has 3 atom stereocenters. The number of anilines is 1. The van der Waals surface area contributed by atoms with Crippen LogP contribution >= 0.6 is 11.6 Å². The molecule has 21 heavy (non-hydrogen) atoms. The minimum absolute atomic E-state index is 0.0527. The van der Waals surface area contributed by atoms with Crippen LogP contribution in [0.15, 0.2) is 18.2 Å². The molecule has 3 unspecified atom stereocenters. The van der Waals surface area contributed by atoms with Gasteiger partial charge in [-0.2, -0.15) is 0 Å². The normalized spacial score (nSPS) is 25.9. The van der Waals surface area contributed by atoms with Crippen molar-refractivity contribution in [3.8, 4) is 0 Å². The molecule has 4 heteroatoms. The van der Waals surface area contributed by atoms with Crippen molar-refractivity contribution in [2.75, 3.05) is 5.73 Å². The number of carbonyl (C=O) groups excluding carboxylic acids is 1. The quantitative estimate of drug-likeness (QED) is 0.826. The Hall–Kier alpha value is -1.22. The van der Waals surface area contributed by atoms with E-state index in [-0.39, 0.29) is 11.9 Å². The molecule has 0 spiro atoms. The van der Waals surface area contributed by atoms with Crippen LogP contribution in [0.1, 0.15) is 50.4 Å². The number of nitrogens with two attached hydrogens (primary N) is 1. The summed E-state index contributed by atoms with van der Waals surface area (Å²) in [6.45, 7) is 6.73. The molecule has 3 N–H and O–H groups in total. The van der Waals surface area contributed by atoms with E-state index in [1.807, 2.05) is 0 Å². The Morgan fingerprint density at radius 3 is 2.71 bits per heavy atom. The summed E-state index contributed by atoms with van der Waals surface area (Å²) in [6.07, 6.45) is 3.49. The van der Waals surface area contributed by atoms with Crippen LogP contribution in [0.4, 0.5) is 5.69 Å². The second-order valence-corrected chi connectivity index (χ2v) is 7.05. The maximum absolute atomic E-state index is 12.4. The third-order valence-corrected chi connectivity index (χ3v) is 4.94. The van der Waals surface area contributed by atoms with Crippen LogP contribution in [-0.4, -0.2) is 11.9 Å². The van der Waals surface area contributed by atoms with Gasteiger partial charge in [0.25, 0.3) is 5.91 Å². The van der Waals surface area contributed by atoms with E-state index >= 15 is 0 Å². The fraction of sp³-hybridized carbons (Fsp3) is 0.588.